The minimum atomic E-state index is -0.218. The molecule has 0 aliphatic heterocycles. The molecule has 1 aromatic carbocycles. The van der Waals surface area contributed by atoms with Crippen LogP contribution >= 0.6 is 15.9 Å². The largest absolute Gasteiger partial charge is 0.394 e. The number of nitrogens with one attached hydrogen (secondary N) is 2. The SMILES string of the molecule is CCC(CO)NC(=O)CCNC(=O)c1ccc(Br)cc1. The Morgan fingerprint density at radius 2 is 1.95 bits per heavy atom. The highest BCUT2D eigenvalue weighted by Gasteiger charge is 2.10. The summed E-state index contributed by atoms with van der Waals surface area (Å²) in [7, 11) is 0. The van der Waals surface area contributed by atoms with Gasteiger partial charge in [-0.05, 0) is 30.7 Å². The van der Waals surface area contributed by atoms with Crippen molar-refractivity contribution in [3.63, 3.8) is 0 Å². The van der Waals surface area contributed by atoms with Gasteiger partial charge in [-0.15, -0.1) is 0 Å². The van der Waals surface area contributed by atoms with E-state index < -0.39 is 0 Å². The van der Waals surface area contributed by atoms with E-state index in [0.29, 0.717) is 12.0 Å². The summed E-state index contributed by atoms with van der Waals surface area (Å²) in [6.45, 7) is 2.08. The van der Waals surface area contributed by atoms with Gasteiger partial charge in [-0.1, -0.05) is 22.9 Å². The zero-order valence-corrected chi connectivity index (χ0v) is 12.9. The summed E-state index contributed by atoms with van der Waals surface area (Å²) >= 11 is 3.30. The third-order valence-corrected chi connectivity index (χ3v) is 3.35. The van der Waals surface area contributed by atoms with Crippen LogP contribution < -0.4 is 10.6 Å². The molecule has 1 rings (SSSR count). The molecule has 20 heavy (non-hydrogen) atoms. The molecular weight excluding hydrogens is 324 g/mol. The molecular formula is C14H19BrN2O3. The van der Waals surface area contributed by atoms with Gasteiger partial charge in [0.25, 0.3) is 5.91 Å². The smallest absolute Gasteiger partial charge is 0.251 e. The average Bonchev–Trinajstić information content (AvgIpc) is 2.45. The number of carbonyl (C=O) groups excluding carboxylic acids is 2. The van der Waals surface area contributed by atoms with Gasteiger partial charge in [-0.25, -0.2) is 0 Å². The van der Waals surface area contributed by atoms with Gasteiger partial charge in [0.1, 0.15) is 0 Å². The van der Waals surface area contributed by atoms with Gasteiger partial charge in [-0.3, -0.25) is 9.59 Å². The Labute approximate surface area is 126 Å². The van der Waals surface area contributed by atoms with Crippen molar-refractivity contribution in [2.45, 2.75) is 25.8 Å². The third kappa shape index (κ3) is 5.71. The number of rotatable bonds is 7. The minimum absolute atomic E-state index is 0.0759. The summed E-state index contributed by atoms with van der Waals surface area (Å²) in [5.41, 5.74) is 0.551. The Bertz CT molecular complexity index is 444. The fourth-order valence-electron chi connectivity index (χ4n) is 1.57. The van der Waals surface area contributed by atoms with E-state index in [-0.39, 0.29) is 37.4 Å². The highest BCUT2D eigenvalue weighted by atomic mass is 79.9. The van der Waals surface area contributed by atoms with E-state index in [0.717, 1.165) is 4.47 Å². The monoisotopic (exact) mass is 342 g/mol. The van der Waals surface area contributed by atoms with Crippen molar-refractivity contribution in [3.8, 4) is 0 Å². The van der Waals surface area contributed by atoms with Crippen LogP contribution in [0.5, 0.6) is 0 Å². The van der Waals surface area contributed by atoms with Crippen molar-refractivity contribution < 1.29 is 14.7 Å². The van der Waals surface area contributed by atoms with Gasteiger partial charge in [0.2, 0.25) is 5.91 Å². The van der Waals surface area contributed by atoms with E-state index in [9.17, 15) is 9.59 Å². The quantitative estimate of drug-likeness (QED) is 0.701. The first-order valence-electron chi connectivity index (χ1n) is 6.50. The third-order valence-electron chi connectivity index (χ3n) is 2.82. The van der Waals surface area contributed by atoms with Gasteiger partial charge >= 0.3 is 0 Å². The number of carbonyl (C=O) groups is 2. The Morgan fingerprint density at radius 3 is 2.50 bits per heavy atom. The minimum Gasteiger partial charge on any atom is -0.394 e. The zero-order valence-electron chi connectivity index (χ0n) is 11.4. The van der Waals surface area contributed by atoms with Crippen LogP contribution in [-0.4, -0.2) is 36.1 Å². The van der Waals surface area contributed by atoms with Gasteiger partial charge in [0, 0.05) is 23.0 Å². The molecule has 5 nitrogen and oxygen atoms in total. The molecule has 1 aromatic rings. The molecule has 3 N–H and O–H groups in total. The predicted molar refractivity (Wildman–Crippen MR) is 80.4 cm³/mol. The van der Waals surface area contributed by atoms with Crippen LogP contribution in [0.15, 0.2) is 28.7 Å². The van der Waals surface area contributed by atoms with Crippen molar-refractivity contribution in [2.24, 2.45) is 0 Å². The first kappa shape index (κ1) is 16.7. The standard InChI is InChI=1S/C14H19BrN2O3/c1-2-12(9-18)17-13(19)7-8-16-14(20)10-3-5-11(15)6-4-10/h3-6,12,18H,2,7-9H2,1H3,(H,16,20)(H,17,19). The number of aliphatic hydroxyl groups excluding tert-OH is 1. The van der Waals surface area contributed by atoms with E-state index >= 15 is 0 Å². The Hall–Kier alpha value is -1.40. The molecule has 0 saturated carbocycles. The van der Waals surface area contributed by atoms with Crippen LogP contribution in [0.3, 0.4) is 0 Å². The van der Waals surface area contributed by atoms with Gasteiger partial charge in [0.15, 0.2) is 0 Å². The van der Waals surface area contributed by atoms with Gasteiger partial charge < -0.3 is 15.7 Å². The van der Waals surface area contributed by atoms with E-state index in [2.05, 4.69) is 26.6 Å². The molecule has 1 unspecified atom stereocenters. The second-order valence-electron chi connectivity index (χ2n) is 4.37. The van der Waals surface area contributed by atoms with Crippen molar-refractivity contribution in [1.82, 2.24) is 10.6 Å². The van der Waals surface area contributed by atoms with E-state index in [1.807, 2.05) is 6.92 Å². The molecule has 6 heteroatoms. The summed E-state index contributed by atoms with van der Waals surface area (Å²) in [5, 5.41) is 14.3. The summed E-state index contributed by atoms with van der Waals surface area (Å²) in [4.78, 5) is 23.3. The molecule has 1 atom stereocenters. The second-order valence-corrected chi connectivity index (χ2v) is 5.28. The fraction of sp³-hybridized carbons (Fsp3) is 0.429. The lowest BCUT2D eigenvalue weighted by Crippen LogP contribution is -2.38. The van der Waals surface area contributed by atoms with Crippen LogP contribution in [0.25, 0.3) is 0 Å². The average molecular weight is 343 g/mol. The first-order chi connectivity index (χ1) is 9.56. The number of amides is 2. The molecule has 0 radical (unpaired) electrons. The summed E-state index contributed by atoms with van der Waals surface area (Å²) < 4.78 is 0.906. The Morgan fingerprint density at radius 1 is 1.30 bits per heavy atom. The number of halogens is 1. The molecule has 0 bridgehead atoms. The molecule has 0 saturated heterocycles. The molecule has 2 amide bonds. The number of benzene rings is 1. The van der Waals surface area contributed by atoms with Crippen molar-refractivity contribution in [3.05, 3.63) is 34.3 Å². The molecule has 0 fully saturated rings. The fourth-order valence-corrected chi connectivity index (χ4v) is 1.83. The lowest BCUT2D eigenvalue weighted by Gasteiger charge is -2.14. The molecule has 0 heterocycles. The van der Waals surface area contributed by atoms with Crippen LogP contribution in [0.4, 0.5) is 0 Å². The molecule has 110 valence electrons. The van der Waals surface area contributed by atoms with E-state index in [1.165, 1.54) is 0 Å². The summed E-state index contributed by atoms with van der Waals surface area (Å²) in [5.74, 6) is -0.387. The van der Waals surface area contributed by atoms with Gasteiger partial charge in [0.05, 0.1) is 12.6 Å². The van der Waals surface area contributed by atoms with Crippen molar-refractivity contribution in [1.29, 1.82) is 0 Å². The zero-order chi connectivity index (χ0) is 15.0. The Kier molecular flexibility index (Phi) is 7.25. The highest BCUT2D eigenvalue weighted by Crippen LogP contribution is 2.10. The molecule has 0 aromatic heterocycles. The highest BCUT2D eigenvalue weighted by molar-refractivity contribution is 9.10. The normalized spacial score (nSPS) is 11.8. The lowest BCUT2D eigenvalue weighted by molar-refractivity contribution is -0.122. The second kappa shape index (κ2) is 8.71. The number of hydrogen-bond donors (Lipinski definition) is 3. The van der Waals surface area contributed by atoms with Crippen molar-refractivity contribution in [2.75, 3.05) is 13.2 Å². The van der Waals surface area contributed by atoms with E-state index in [1.54, 1.807) is 24.3 Å². The van der Waals surface area contributed by atoms with Crippen LogP contribution in [0, 0.1) is 0 Å². The topological polar surface area (TPSA) is 78.4 Å². The van der Waals surface area contributed by atoms with Crippen molar-refractivity contribution >= 4 is 27.7 Å². The lowest BCUT2D eigenvalue weighted by atomic mass is 10.2. The van der Waals surface area contributed by atoms with E-state index in [4.69, 9.17) is 5.11 Å². The maximum Gasteiger partial charge on any atom is 0.251 e. The summed E-state index contributed by atoms with van der Waals surface area (Å²) in [6, 6.07) is 6.77. The Balaban J connectivity index is 2.31. The molecule has 0 aliphatic rings. The van der Waals surface area contributed by atoms with Crippen LogP contribution in [0.2, 0.25) is 0 Å². The maximum absolute atomic E-state index is 11.8. The first-order valence-corrected chi connectivity index (χ1v) is 7.30. The predicted octanol–water partition coefficient (Wildman–Crippen LogP) is 1.46. The van der Waals surface area contributed by atoms with Gasteiger partial charge in [-0.2, -0.15) is 0 Å². The maximum atomic E-state index is 11.8. The number of hydrogen-bond acceptors (Lipinski definition) is 3. The van der Waals surface area contributed by atoms with Crippen LogP contribution in [-0.2, 0) is 4.79 Å². The molecule has 0 spiro atoms. The van der Waals surface area contributed by atoms with Crippen LogP contribution in [0.1, 0.15) is 30.1 Å². The summed E-state index contributed by atoms with van der Waals surface area (Å²) in [6.07, 6.45) is 0.867. The molecule has 0 aliphatic carbocycles. The number of aliphatic hydroxyl groups is 1.